The number of anilines is 1. The van der Waals surface area contributed by atoms with Crippen LogP contribution in [0.4, 0.5) is 5.69 Å². The lowest BCUT2D eigenvalue weighted by atomic mass is 9.99. The van der Waals surface area contributed by atoms with Crippen LogP contribution in [0.15, 0.2) is 65.8 Å². The van der Waals surface area contributed by atoms with Crippen molar-refractivity contribution in [3.8, 4) is 22.4 Å². The zero-order chi connectivity index (χ0) is 23.8. The Hall–Kier alpha value is -3.68. The minimum Gasteiger partial charge on any atom is -0.345 e. The number of halogens is 2. The highest BCUT2D eigenvalue weighted by Crippen LogP contribution is 2.36. The maximum atomic E-state index is 13.0. The number of H-pyrrole nitrogens is 1. The lowest BCUT2D eigenvalue weighted by Gasteiger charge is -2.16. The number of nitrogens with one attached hydrogen (secondary N) is 2. The van der Waals surface area contributed by atoms with E-state index >= 15 is 0 Å². The number of imidazole rings is 1. The lowest BCUT2D eigenvalue weighted by Crippen LogP contribution is -2.30. The number of ketones is 1. The van der Waals surface area contributed by atoms with Gasteiger partial charge in [-0.1, -0.05) is 35.3 Å². The van der Waals surface area contributed by atoms with Gasteiger partial charge in [0.25, 0.3) is 5.56 Å². The van der Waals surface area contributed by atoms with Gasteiger partial charge >= 0.3 is 0 Å². The van der Waals surface area contributed by atoms with Gasteiger partial charge in [-0.3, -0.25) is 14.4 Å². The van der Waals surface area contributed by atoms with Crippen molar-refractivity contribution >= 4 is 40.6 Å². The van der Waals surface area contributed by atoms with E-state index in [9.17, 15) is 14.4 Å². The SMILES string of the molecule is O=C(Cn1c2c(c(-c3cc(Cl)ccc3Cl)cc1=O)C(=O)CC2)Nc1ccc(-c2cnc[nH]2)cc1. The molecule has 0 fully saturated rings. The standard InChI is InChI=1S/C25H18Cl2N4O3/c26-15-3-6-19(27)17(9-15)18-10-24(34)31(21-7-8-22(32)25(18)21)12-23(33)30-16-4-1-14(2-5-16)20-11-28-13-29-20/h1-6,9-11,13H,7-8,12H2,(H,28,29)(H,30,33). The normalized spacial score (nSPS) is 12.6. The molecular weight excluding hydrogens is 475 g/mol. The molecule has 1 aliphatic rings. The molecule has 2 heterocycles. The zero-order valence-corrected chi connectivity index (χ0v) is 19.3. The maximum absolute atomic E-state index is 13.0. The second-order valence-corrected chi connectivity index (χ2v) is 8.79. The van der Waals surface area contributed by atoms with Gasteiger partial charge in [0, 0.05) is 50.6 Å². The van der Waals surface area contributed by atoms with Crippen molar-refractivity contribution in [2.24, 2.45) is 0 Å². The third-order valence-electron chi connectivity index (χ3n) is 5.78. The van der Waals surface area contributed by atoms with Crippen molar-refractivity contribution in [2.45, 2.75) is 19.4 Å². The number of aromatic nitrogens is 3. The van der Waals surface area contributed by atoms with Crippen molar-refractivity contribution in [2.75, 3.05) is 5.32 Å². The highest BCUT2D eigenvalue weighted by molar-refractivity contribution is 6.35. The van der Waals surface area contributed by atoms with Gasteiger partial charge in [-0.25, -0.2) is 4.98 Å². The van der Waals surface area contributed by atoms with Crippen LogP contribution in [0, 0.1) is 0 Å². The summed E-state index contributed by atoms with van der Waals surface area (Å²) >= 11 is 12.5. The molecule has 1 aliphatic carbocycles. The summed E-state index contributed by atoms with van der Waals surface area (Å²) in [4.78, 5) is 45.5. The Morgan fingerprint density at radius 2 is 1.82 bits per heavy atom. The number of carbonyl (C=O) groups excluding carboxylic acids is 2. The monoisotopic (exact) mass is 492 g/mol. The van der Waals surface area contributed by atoms with Crippen molar-refractivity contribution in [3.05, 3.63) is 92.7 Å². The number of hydrogen-bond acceptors (Lipinski definition) is 4. The van der Waals surface area contributed by atoms with Crippen LogP contribution in [0.3, 0.4) is 0 Å². The molecule has 34 heavy (non-hydrogen) atoms. The van der Waals surface area contributed by atoms with E-state index in [1.807, 2.05) is 12.1 Å². The summed E-state index contributed by atoms with van der Waals surface area (Å²) in [5, 5.41) is 3.64. The zero-order valence-electron chi connectivity index (χ0n) is 17.8. The molecule has 4 aromatic rings. The smallest absolute Gasteiger partial charge is 0.251 e. The van der Waals surface area contributed by atoms with Gasteiger partial charge in [0.15, 0.2) is 5.78 Å². The van der Waals surface area contributed by atoms with E-state index < -0.39 is 0 Å². The first-order chi connectivity index (χ1) is 16.4. The first-order valence-corrected chi connectivity index (χ1v) is 11.3. The molecule has 7 nitrogen and oxygen atoms in total. The molecule has 0 saturated heterocycles. The summed E-state index contributed by atoms with van der Waals surface area (Å²) < 4.78 is 1.36. The van der Waals surface area contributed by atoms with E-state index in [1.54, 1.807) is 42.9 Å². The number of nitrogens with zero attached hydrogens (tertiary/aromatic N) is 2. The highest BCUT2D eigenvalue weighted by atomic mass is 35.5. The topological polar surface area (TPSA) is 96.8 Å². The average molecular weight is 493 g/mol. The van der Waals surface area contributed by atoms with Crippen LogP contribution in [-0.4, -0.2) is 26.2 Å². The Bertz CT molecular complexity index is 1480. The number of aromatic amines is 1. The first-order valence-electron chi connectivity index (χ1n) is 10.5. The quantitative estimate of drug-likeness (QED) is 0.410. The number of amides is 1. The predicted molar refractivity (Wildman–Crippen MR) is 131 cm³/mol. The summed E-state index contributed by atoms with van der Waals surface area (Å²) in [6.07, 6.45) is 3.95. The second-order valence-electron chi connectivity index (χ2n) is 7.94. The van der Waals surface area contributed by atoms with Gasteiger partial charge in [-0.15, -0.1) is 0 Å². The summed E-state index contributed by atoms with van der Waals surface area (Å²) in [5.41, 5.74) is 3.92. The summed E-state index contributed by atoms with van der Waals surface area (Å²) in [7, 11) is 0. The van der Waals surface area contributed by atoms with E-state index in [2.05, 4.69) is 15.3 Å². The molecule has 0 bridgehead atoms. The molecule has 0 aliphatic heterocycles. The Labute approximate surface area is 204 Å². The number of Topliss-reactive ketones (excluding diaryl/α,β-unsaturated/α-hetero) is 1. The third-order valence-corrected chi connectivity index (χ3v) is 6.35. The van der Waals surface area contributed by atoms with Crippen LogP contribution in [0.2, 0.25) is 10.0 Å². The van der Waals surface area contributed by atoms with Gasteiger partial charge < -0.3 is 14.9 Å². The largest absolute Gasteiger partial charge is 0.345 e. The van der Waals surface area contributed by atoms with Gasteiger partial charge in [0.2, 0.25) is 5.91 Å². The number of hydrogen-bond donors (Lipinski definition) is 2. The van der Waals surface area contributed by atoms with Gasteiger partial charge in [0.1, 0.15) is 6.54 Å². The minimum atomic E-state index is -0.385. The highest BCUT2D eigenvalue weighted by Gasteiger charge is 2.29. The Morgan fingerprint density at radius 1 is 1.03 bits per heavy atom. The van der Waals surface area contributed by atoms with Crippen molar-refractivity contribution in [1.82, 2.24) is 14.5 Å². The summed E-state index contributed by atoms with van der Waals surface area (Å²) in [5.74, 6) is -0.462. The molecule has 0 saturated carbocycles. The summed E-state index contributed by atoms with van der Waals surface area (Å²) in [6.45, 7) is -0.208. The molecule has 0 spiro atoms. The van der Waals surface area contributed by atoms with Crippen LogP contribution in [0.5, 0.6) is 0 Å². The fraction of sp³-hybridized carbons (Fsp3) is 0.120. The van der Waals surface area contributed by atoms with Crippen LogP contribution < -0.4 is 10.9 Å². The Kier molecular flexibility index (Phi) is 5.81. The molecule has 0 unspecified atom stereocenters. The number of fused-ring (bicyclic) bond motifs is 1. The maximum Gasteiger partial charge on any atom is 0.251 e. The molecule has 5 rings (SSSR count). The summed E-state index contributed by atoms with van der Waals surface area (Å²) in [6, 6.07) is 13.5. The van der Waals surface area contributed by atoms with E-state index in [0.29, 0.717) is 44.5 Å². The fourth-order valence-electron chi connectivity index (χ4n) is 4.21. The van der Waals surface area contributed by atoms with Crippen LogP contribution >= 0.6 is 23.2 Å². The van der Waals surface area contributed by atoms with Crippen molar-refractivity contribution in [1.29, 1.82) is 0 Å². The third kappa shape index (κ3) is 4.16. The van der Waals surface area contributed by atoms with Crippen LogP contribution in [0.1, 0.15) is 22.5 Å². The van der Waals surface area contributed by atoms with Gasteiger partial charge in [-0.2, -0.15) is 0 Å². The van der Waals surface area contributed by atoms with E-state index in [4.69, 9.17) is 23.2 Å². The van der Waals surface area contributed by atoms with E-state index in [0.717, 1.165) is 11.3 Å². The molecule has 1 amide bonds. The number of pyridine rings is 1. The average Bonchev–Trinajstić information content (AvgIpc) is 3.48. The molecule has 2 aromatic carbocycles. The Balaban J connectivity index is 1.43. The lowest BCUT2D eigenvalue weighted by molar-refractivity contribution is -0.116. The molecule has 2 N–H and O–H groups in total. The molecule has 170 valence electrons. The number of rotatable bonds is 5. The van der Waals surface area contributed by atoms with Crippen LogP contribution in [0.25, 0.3) is 22.4 Å². The van der Waals surface area contributed by atoms with Crippen LogP contribution in [-0.2, 0) is 17.8 Å². The molecule has 0 radical (unpaired) electrons. The van der Waals surface area contributed by atoms with Gasteiger partial charge in [0.05, 0.1) is 18.2 Å². The minimum absolute atomic E-state index is 0.0930. The number of benzene rings is 2. The van der Waals surface area contributed by atoms with Crippen molar-refractivity contribution in [3.63, 3.8) is 0 Å². The fourth-order valence-corrected chi connectivity index (χ4v) is 4.60. The number of carbonyl (C=O) groups is 2. The molecule has 9 heteroatoms. The Morgan fingerprint density at radius 3 is 2.56 bits per heavy atom. The molecular formula is C25H18Cl2N4O3. The predicted octanol–water partition coefficient (Wildman–Crippen LogP) is 4.98. The van der Waals surface area contributed by atoms with E-state index in [1.165, 1.54) is 10.6 Å². The molecule has 0 atom stereocenters. The first kappa shape index (κ1) is 22.1. The van der Waals surface area contributed by atoms with Crippen molar-refractivity contribution < 1.29 is 9.59 Å². The second kappa shape index (κ2) is 8.93. The molecule has 2 aromatic heterocycles. The van der Waals surface area contributed by atoms with E-state index in [-0.39, 0.29) is 30.2 Å². The van der Waals surface area contributed by atoms with Gasteiger partial charge in [-0.05, 0) is 42.3 Å².